The molecule has 1 heterocycles. The third-order valence-electron chi connectivity index (χ3n) is 2.66. The number of methoxy groups -OCH3 is 1. The van der Waals surface area contributed by atoms with Crippen molar-refractivity contribution in [3.63, 3.8) is 0 Å². The second-order valence-corrected chi connectivity index (χ2v) is 4.04. The molecule has 2 aromatic rings. The number of ether oxygens (including phenoxy) is 1. The molecule has 0 spiro atoms. The fourth-order valence-corrected chi connectivity index (χ4v) is 1.71. The summed E-state index contributed by atoms with van der Waals surface area (Å²) >= 11 is 0. The average molecular weight is 249 g/mol. The Hall–Kier alpha value is -2.04. The van der Waals surface area contributed by atoms with Crippen LogP contribution in [0.25, 0.3) is 0 Å². The number of benzene rings is 1. The minimum Gasteiger partial charge on any atom is -0.497 e. The van der Waals surface area contributed by atoms with Crippen molar-refractivity contribution in [2.24, 2.45) is 7.05 Å². The fourth-order valence-electron chi connectivity index (χ4n) is 1.71. The van der Waals surface area contributed by atoms with Crippen LogP contribution in [0.3, 0.4) is 0 Å². The second-order valence-electron chi connectivity index (χ2n) is 4.04. The van der Waals surface area contributed by atoms with Crippen LogP contribution in [0, 0.1) is 5.82 Å². The van der Waals surface area contributed by atoms with Crippen molar-refractivity contribution in [1.29, 1.82) is 0 Å². The molecule has 4 nitrogen and oxygen atoms in total. The lowest BCUT2D eigenvalue weighted by molar-refractivity contribution is 0.414. The summed E-state index contributed by atoms with van der Waals surface area (Å²) in [6.45, 7) is 0.649. The van der Waals surface area contributed by atoms with E-state index in [-0.39, 0.29) is 5.82 Å². The van der Waals surface area contributed by atoms with E-state index in [1.165, 1.54) is 6.07 Å². The smallest absolute Gasteiger partial charge is 0.146 e. The van der Waals surface area contributed by atoms with Gasteiger partial charge in [-0.1, -0.05) is 0 Å². The van der Waals surface area contributed by atoms with Gasteiger partial charge in [-0.05, 0) is 24.1 Å². The molecule has 18 heavy (non-hydrogen) atoms. The number of aryl methyl sites for hydroxylation is 1. The van der Waals surface area contributed by atoms with Gasteiger partial charge in [-0.15, -0.1) is 0 Å². The van der Waals surface area contributed by atoms with Gasteiger partial charge in [0, 0.05) is 25.9 Å². The maximum Gasteiger partial charge on any atom is 0.146 e. The first-order chi connectivity index (χ1) is 8.69. The first kappa shape index (κ1) is 12.4. The van der Waals surface area contributed by atoms with Crippen LogP contribution in [-0.4, -0.2) is 23.4 Å². The molecule has 0 aliphatic heterocycles. The van der Waals surface area contributed by atoms with Crippen molar-refractivity contribution in [3.8, 4) is 5.75 Å². The van der Waals surface area contributed by atoms with E-state index in [9.17, 15) is 4.39 Å². The molecule has 0 saturated carbocycles. The predicted molar refractivity (Wildman–Crippen MR) is 68.4 cm³/mol. The van der Waals surface area contributed by atoms with Gasteiger partial charge in [0.05, 0.1) is 19.0 Å². The molecule has 0 saturated heterocycles. The van der Waals surface area contributed by atoms with E-state index in [0.717, 1.165) is 12.0 Å². The topological polar surface area (TPSA) is 39.1 Å². The van der Waals surface area contributed by atoms with E-state index in [2.05, 4.69) is 10.4 Å². The van der Waals surface area contributed by atoms with Gasteiger partial charge in [-0.3, -0.25) is 4.68 Å². The largest absolute Gasteiger partial charge is 0.497 e. The molecule has 96 valence electrons. The highest BCUT2D eigenvalue weighted by Gasteiger charge is 2.03. The van der Waals surface area contributed by atoms with E-state index in [0.29, 0.717) is 18.0 Å². The number of halogens is 1. The molecule has 0 atom stereocenters. The monoisotopic (exact) mass is 249 g/mol. The Labute approximate surface area is 105 Å². The van der Waals surface area contributed by atoms with Crippen molar-refractivity contribution in [1.82, 2.24) is 9.78 Å². The van der Waals surface area contributed by atoms with Crippen LogP contribution in [0.1, 0.15) is 5.56 Å². The summed E-state index contributed by atoms with van der Waals surface area (Å²) < 4.78 is 20.3. The van der Waals surface area contributed by atoms with Crippen LogP contribution in [0.2, 0.25) is 0 Å². The highest BCUT2D eigenvalue weighted by molar-refractivity contribution is 5.49. The van der Waals surface area contributed by atoms with Crippen LogP contribution in [0.15, 0.2) is 30.6 Å². The van der Waals surface area contributed by atoms with Gasteiger partial charge in [-0.25, -0.2) is 4.39 Å². The van der Waals surface area contributed by atoms with E-state index < -0.39 is 0 Å². The third kappa shape index (κ3) is 3.00. The first-order valence-electron chi connectivity index (χ1n) is 5.74. The molecule has 5 heteroatoms. The molecule has 1 aromatic heterocycles. The maximum atomic E-state index is 13.5. The number of aromatic nitrogens is 2. The lowest BCUT2D eigenvalue weighted by Gasteiger charge is -2.08. The van der Waals surface area contributed by atoms with Gasteiger partial charge in [0.15, 0.2) is 0 Å². The highest BCUT2D eigenvalue weighted by atomic mass is 19.1. The summed E-state index contributed by atoms with van der Waals surface area (Å²) in [6, 6.07) is 4.64. The normalized spacial score (nSPS) is 10.4. The molecule has 1 N–H and O–H groups in total. The molecule has 1 aromatic carbocycles. The Morgan fingerprint density at radius 2 is 2.28 bits per heavy atom. The minimum absolute atomic E-state index is 0.276. The molecule has 0 amide bonds. The molecule has 0 fully saturated rings. The Morgan fingerprint density at radius 3 is 2.94 bits per heavy atom. The second kappa shape index (κ2) is 5.53. The van der Waals surface area contributed by atoms with E-state index >= 15 is 0 Å². The van der Waals surface area contributed by atoms with Crippen LogP contribution in [0.5, 0.6) is 5.75 Å². The number of nitrogens with one attached hydrogen (secondary N) is 1. The van der Waals surface area contributed by atoms with Crippen molar-refractivity contribution in [2.45, 2.75) is 6.42 Å². The number of hydrogen-bond donors (Lipinski definition) is 1. The fraction of sp³-hybridized carbons (Fsp3) is 0.308. The molecule has 0 bridgehead atoms. The van der Waals surface area contributed by atoms with Crippen LogP contribution in [-0.2, 0) is 13.5 Å². The first-order valence-corrected chi connectivity index (χ1v) is 5.74. The summed E-state index contributed by atoms with van der Waals surface area (Å²) in [5, 5.41) is 7.14. The predicted octanol–water partition coefficient (Wildman–Crippen LogP) is 2.22. The third-order valence-corrected chi connectivity index (χ3v) is 2.66. The van der Waals surface area contributed by atoms with Crippen molar-refractivity contribution < 1.29 is 9.13 Å². The quantitative estimate of drug-likeness (QED) is 0.883. The molecule has 0 unspecified atom stereocenters. The number of anilines is 1. The Kier molecular flexibility index (Phi) is 3.82. The Morgan fingerprint density at radius 1 is 1.44 bits per heavy atom. The standard InChI is InChI=1S/C13H16FN3O/c1-17-9-10(8-16-17)5-6-15-13-7-11(18-2)3-4-12(13)14/h3-4,7-9,15H,5-6H2,1-2H3. The summed E-state index contributed by atoms with van der Waals surface area (Å²) in [5.74, 6) is 0.363. The molecule has 0 aliphatic rings. The van der Waals surface area contributed by atoms with Crippen molar-refractivity contribution in [3.05, 3.63) is 42.0 Å². The van der Waals surface area contributed by atoms with Crippen LogP contribution in [0.4, 0.5) is 10.1 Å². The molecular weight excluding hydrogens is 233 g/mol. The van der Waals surface area contributed by atoms with E-state index in [4.69, 9.17) is 4.74 Å². The summed E-state index contributed by atoms with van der Waals surface area (Å²) in [6.07, 6.45) is 4.55. The summed E-state index contributed by atoms with van der Waals surface area (Å²) in [7, 11) is 3.44. The average Bonchev–Trinajstić information content (AvgIpc) is 2.77. The van der Waals surface area contributed by atoms with Gasteiger partial charge in [-0.2, -0.15) is 5.10 Å². The van der Waals surface area contributed by atoms with Crippen LogP contribution < -0.4 is 10.1 Å². The van der Waals surface area contributed by atoms with Gasteiger partial charge in [0.1, 0.15) is 11.6 Å². The lowest BCUT2D eigenvalue weighted by Crippen LogP contribution is -2.06. The highest BCUT2D eigenvalue weighted by Crippen LogP contribution is 2.20. The molecule has 0 aliphatic carbocycles. The Balaban J connectivity index is 1.93. The maximum absolute atomic E-state index is 13.5. The summed E-state index contributed by atoms with van der Waals surface area (Å²) in [4.78, 5) is 0. The number of hydrogen-bond acceptors (Lipinski definition) is 3. The summed E-state index contributed by atoms with van der Waals surface area (Å²) in [5.41, 5.74) is 1.58. The van der Waals surface area contributed by atoms with Crippen molar-refractivity contribution in [2.75, 3.05) is 19.0 Å². The van der Waals surface area contributed by atoms with Crippen molar-refractivity contribution >= 4 is 5.69 Å². The van der Waals surface area contributed by atoms with Gasteiger partial charge < -0.3 is 10.1 Å². The van der Waals surface area contributed by atoms with Gasteiger partial charge in [0.2, 0.25) is 0 Å². The zero-order valence-corrected chi connectivity index (χ0v) is 10.5. The Bertz CT molecular complexity index is 525. The zero-order chi connectivity index (χ0) is 13.0. The van der Waals surface area contributed by atoms with E-state index in [1.54, 1.807) is 23.9 Å². The van der Waals surface area contributed by atoms with Gasteiger partial charge >= 0.3 is 0 Å². The molecule has 0 radical (unpaired) electrons. The molecular formula is C13H16FN3O. The SMILES string of the molecule is COc1ccc(F)c(NCCc2cnn(C)c2)c1. The van der Waals surface area contributed by atoms with E-state index in [1.807, 2.05) is 19.4 Å². The number of nitrogens with zero attached hydrogens (tertiary/aromatic N) is 2. The van der Waals surface area contributed by atoms with Gasteiger partial charge in [0.25, 0.3) is 0 Å². The molecule has 2 rings (SSSR count). The number of rotatable bonds is 5. The van der Waals surface area contributed by atoms with Crippen LogP contribution >= 0.6 is 0 Å². The minimum atomic E-state index is -0.276. The lowest BCUT2D eigenvalue weighted by atomic mass is 10.2. The zero-order valence-electron chi connectivity index (χ0n) is 10.5.